The van der Waals surface area contributed by atoms with E-state index in [1.807, 2.05) is 37.3 Å². The molecule has 2 aromatic carbocycles. The highest BCUT2D eigenvalue weighted by atomic mass is 32.2. The topological polar surface area (TPSA) is 96.1 Å². The second-order valence-corrected chi connectivity index (χ2v) is 7.76. The fourth-order valence-corrected chi connectivity index (χ4v) is 3.75. The predicted molar refractivity (Wildman–Crippen MR) is 120 cm³/mol. The molecule has 7 nitrogen and oxygen atoms in total. The van der Waals surface area contributed by atoms with Gasteiger partial charge in [0.15, 0.2) is 0 Å². The van der Waals surface area contributed by atoms with Gasteiger partial charge in [0.25, 0.3) is 11.5 Å². The van der Waals surface area contributed by atoms with E-state index in [2.05, 4.69) is 15.5 Å². The average molecular weight is 430 g/mol. The molecule has 0 saturated heterocycles. The molecule has 0 atom stereocenters. The smallest absolute Gasteiger partial charge is 0.275 e. The van der Waals surface area contributed by atoms with Crippen molar-refractivity contribution in [3.8, 4) is 5.75 Å². The zero-order chi connectivity index (χ0) is 21.8. The molecule has 0 radical (unpaired) electrons. The molecule has 0 aliphatic rings. The minimum absolute atomic E-state index is 0.0854. The molecule has 1 amide bonds. The van der Waals surface area contributed by atoms with Gasteiger partial charge in [-0.25, -0.2) is 10.4 Å². The van der Waals surface area contributed by atoms with Crippen LogP contribution in [-0.2, 0) is 0 Å². The van der Waals surface area contributed by atoms with Gasteiger partial charge < -0.3 is 5.11 Å². The van der Waals surface area contributed by atoms with Crippen molar-refractivity contribution in [2.45, 2.75) is 16.8 Å². The number of amides is 1. The zero-order valence-corrected chi connectivity index (χ0v) is 17.3. The lowest BCUT2D eigenvalue weighted by Gasteiger charge is -2.08. The summed E-state index contributed by atoms with van der Waals surface area (Å²) in [5.41, 5.74) is 4.01. The summed E-state index contributed by atoms with van der Waals surface area (Å²) in [4.78, 5) is 30.9. The van der Waals surface area contributed by atoms with Crippen LogP contribution in [0.15, 0.2) is 92.7 Å². The lowest BCUT2D eigenvalue weighted by Crippen LogP contribution is -2.23. The van der Waals surface area contributed by atoms with E-state index in [1.54, 1.807) is 30.5 Å². The zero-order valence-electron chi connectivity index (χ0n) is 16.5. The molecular weight excluding hydrogens is 412 g/mol. The van der Waals surface area contributed by atoms with E-state index in [1.165, 1.54) is 34.5 Å². The number of carbonyl (C=O) groups is 1. The number of aromatic hydroxyl groups is 1. The number of rotatable bonds is 5. The lowest BCUT2D eigenvalue weighted by molar-refractivity contribution is 0.0952. The number of hydrogen-bond acceptors (Lipinski definition) is 6. The molecule has 0 aliphatic heterocycles. The van der Waals surface area contributed by atoms with E-state index in [9.17, 15) is 14.7 Å². The van der Waals surface area contributed by atoms with Crippen molar-refractivity contribution in [2.24, 2.45) is 5.10 Å². The number of pyridine rings is 1. The van der Waals surface area contributed by atoms with Crippen LogP contribution >= 0.6 is 11.8 Å². The lowest BCUT2D eigenvalue weighted by atomic mass is 10.2. The first kappa shape index (κ1) is 20.4. The van der Waals surface area contributed by atoms with E-state index in [-0.39, 0.29) is 22.4 Å². The molecule has 154 valence electrons. The van der Waals surface area contributed by atoms with E-state index in [0.717, 1.165) is 10.5 Å². The molecule has 0 unspecified atom stereocenters. The molecule has 2 N–H and O–H groups in total. The Kier molecular flexibility index (Phi) is 5.81. The number of hydrogen-bond donors (Lipinski definition) is 2. The predicted octanol–water partition coefficient (Wildman–Crippen LogP) is 3.62. The second kappa shape index (κ2) is 8.85. The molecule has 2 aromatic heterocycles. The number of phenolic OH excluding ortho intramolecular Hbond substituents is 1. The second-order valence-electron chi connectivity index (χ2n) is 6.70. The van der Waals surface area contributed by atoms with Crippen LogP contribution in [-0.4, -0.2) is 26.6 Å². The molecule has 0 spiro atoms. The normalized spacial score (nSPS) is 11.1. The number of carbonyl (C=O) groups excluding carboxylic acids is 1. The van der Waals surface area contributed by atoms with E-state index in [4.69, 9.17) is 0 Å². The van der Waals surface area contributed by atoms with Crippen molar-refractivity contribution in [2.75, 3.05) is 0 Å². The Labute approximate surface area is 182 Å². The number of aromatic nitrogens is 2. The van der Waals surface area contributed by atoms with Crippen molar-refractivity contribution in [1.82, 2.24) is 14.8 Å². The van der Waals surface area contributed by atoms with Crippen LogP contribution in [0.2, 0.25) is 0 Å². The maximum atomic E-state index is 13.1. The van der Waals surface area contributed by atoms with Crippen molar-refractivity contribution in [3.63, 3.8) is 0 Å². The van der Waals surface area contributed by atoms with Crippen LogP contribution in [0.25, 0.3) is 5.65 Å². The van der Waals surface area contributed by atoms with Crippen LogP contribution < -0.4 is 11.0 Å². The summed E-state index contributed by atoms with van der Waals surface area (Å²) in [6.07, 6.45) is 2.91. The number of phenols is 1. The number of nitrogens with one attached hydrogen (secondary N) is 1. The SMILES string of the molecule is Cc1ccc(Sc2nc3ccccn3c(=O)c2/C=N\NC(=O)c2ccccc2O)cc1. The van der Waals surface area contributed by atoms with Gasteiger partial charge in [-0.05, 0) is 43.3 Å². The number of fused-ring (bicyclic) bond motifs is 1. The number of aryl methyl sites for hydroxylation is 1. The maximum absolute atomic E-state index is 13.1. The van der Waals surface area contributed by atoms with Crippen LogP contribution in [0.4, 0.5) is 0 Å². The van der Waals surface area contributed by atoms with Gasteiger partial charge in [-0.15, -0.1) is 0 Å². The van der Waals surface area contributed by atoms with E-state index in [0.29, 0.717) is 10.7 Å². The Hall–Kier alpha value is -3.91. The third-order valence-electron chi connectivity index (χ3n) is 4.48. The third kappa shape index (κ3) is 4.49. The van der Waals surface area contributed by atoms with Gasteiger partial charge in [-0.2, -0.15) is 5.10 Å². The highest BCUT2D eigenvalue weighted by molar-refractivity contribution is 7.99. The van der Waals surface area contributed by atoms with Gasteiger partial charge in [-0.1, -0.05) is 47.7 Å². The van der Waals surface area contributed by atoms with Crippen LogP contribution in [0, 0.1) is 6.92 Å². The number of benzene rings is 2. The number of hydrazone groups is 1. The molecule has 31 heavy (non-hydrogen) atoms. The summed E-state index contributed by atoms with van der Waals surface area (Å²) in [7, 11) is 0. The highest BCUT2D eigenvalue weighted by Gasteiger charge is 2.14. The molecule has 4 aromatic rings. The minimum Gasteiger partial charge on any atom is -0.507 e. The summed E-state index contributed by atoms with van der Waals surface area (Å²) in [6.45, 7) is 2.00. The quantitative estimate of drug-likeness (QED) is 0.286. The summed E-state index contributed by atoms with van der Waals surface area (Å²) in [5.74, 6) is -0.741. The minimum atomic E-state index is -0.587. The standard InChI is InChI=1S/C23H18N4O3S/c1-15-9-11-16(12-10-15)31-22-18(23(30)27-13-5-4-8-20(27)25-22)14-24-26-21(29)17-6-2-3-7-19(17)28/h2-14,28H,1H3,(H,26,29)/b24-14-. The number of para-hydroxylation sites is 1. The van der Waals surface area contributed by atoms with Crippen LogP contribution in [0.3, 0.4) is 0 Å². The van der Waals surface area contributed by atoms with Gasteiger partial charge in [0.2, 0.25) is 0 Å². The van der Waals surface area contributed by atoms with Crippen LogP contribution in [0.5, 0.6) is 5.75 Å². The Morgan fingerprint density at radius 3 is 2.61 bits per heavy atom. The van der Waals surface area contributed by atoms with Crippen molar-refractivity contribution in [1.29, 1.82) is 0 Å². The van der Waals surface area contributed by atoms with Crippen LogP contribution in [0.1, 0.15) is 21.5 Å². The van der Waals surface area contributed by atoms with Crippen molar-refractivity contribution >= 4 is 29.5 Å². The molecule has 0 bridgehead atoms. The van der Waals surface area contributed by atoms with Crippen molar-refractivity contribution < 1.29 is 9.90 Å². The molecule has 4 rings (SSSR count). The molecule has 2 heterocycles. The van der Waals surface area contributed by atoms with Gasteiger partial charge in [-0.3, -0.25) is 14.0 Å². The molecule has 0 saturated carbocycles. The number of nitrogens with zero attached hydrogens (tertiary/aromatic N) is 3. The fourth-order valence-electron chi connectivity index (χ4n) is 2.87. The maximum Gasteiger partial charge on any atom is 0.275 e. The molecule has 8 heteroatoms. The van der Waals surface area contributed by atoms with Gasteiger partial charge in [0.1, 0.15) is 16.4 Å². The largest absolute Gasteiger partial charge is 0.507 e. The van der Waals surface area contributed by atoms with E-state index >= 15 is 0 Å². The summed E-state index contributed by atoms with van der Waals surface area (Å²) in [6, 6.07) is 19.3. The first-order valence-corrected chi connectivity index (χ1v) is 10.2. The van der Waals surface area contributed by atoms with E-state index < -0.39 is 5.91 Å². The van der Waals surface area contributed by atoms with Crippen molar-refractivity contribution in [3.05, 3.63) is 100.0 Å². The summed E-state index contributed by atoms with van der Waals surface area (Å²) in [5, 5.41) is 14.2. The van der Waals surface area contributed by atoms with Gasteiger partial charge >= 0.3 is 0 Å². The monoisotopic (exact) mass is 430 g/mol. The first-order chi connectivity index (χ1) is 15.0. The Bertz CT molecular complexity index is 1350. The molecule has 0 fully saturated rings. The third-order valence-corrected chi connectivity index (χ3v) is 5.49. The Morgan fingerprint density at radius 1 is 1.10 bits per heavy atom. The molecular formula is C23H18N4O3S. The van der Waals surface area contributed by atoms with Gasteiger partial charge in [0.05, 0.1) is 17.3 Å². The summed E-state index contributed by atoms with van der Waals surface area (Å²) < 4.78 is 1.42. The molecule has 0 aliphatic carbocycles. The van der Waals surface area contributed by atoms with Gasteiger partial charge in [0, 0.05) is 11.1 Å². The Morgan fingerprint density at radius 2 is 1.84 bits per heavy atom. The fraction of sp³-hybridized carbons (Fsp3) is 0.0435. The summed E-state index contributed by atoms with van der Waals surface area (Å²) >= 11 is 1.34. The first-order valence-electron chi connectivity index (χ1n) is 9.40. The average Bonchev–Trinajstić information content (AvgIpc) is 2.77. The highest BCUT2D eigenvalue weighted by Crippen LogP contribution is 2.27. The Balaban J connectivity index is 1.69.